The summed E-state index contributed by atoms with van der Waals surface area (Å²) < 4.78 is 11.2. The number of methoxy groups -OCH3 is 1. The van der Waals surface area contributed by atoms with Crippen molar-refractivity contribution in [2.24, 2.45) is 5.92 Å². The van der Waals surface area contributed by atoms with Gasteiger partial charge in [0.25, 0.3) is 0 Å². The van der Waals surface area contributed by atoms with Gasteiger partial charge in [0.05, 0.1) is 19.6 Å². The molecule has 0 unspecified atom stereocenters. The van der Waals surface area contributed by atoms with Crippen molar-refractivity contribution in [2.45, 2.75) is 24.9 Å². The summed E-state index contributed by atoms with van der Waals surface area (Å²) in [5.41, 5.74) is 2.19. The number of hydrogen-bond donors (Lipinski definition) is 1. The molecule has 24 heavy (non-hydrogen) atoms. The van der Waals surface area contributed by atoms with E-state index in [2.05, 4.69) is 12.1 Å². The maximum atomic E-state index is 11.4. The highest BCUT2D eigenvalue weighted by Gasteiger charge is 2.37. The second-order valence-electron chi connectivity index (χ2n) is 6.13. The van der Waals surface area contributed by atoms with Crippen LogP contribution in [0.3, 0.4) is 0 Å². The Morgan fingerprint density at radius 3 is 2.46 bits per heavy atom. The van der Waals surface area contributed by atoms with Gasteiger partial charge in [-0.15, -0.1) is 0 Å². The van der Waals surface area contributed by atoms with Crippen LogP contribution >= 0.6 is 0 Å². The standard InChI is InChI=1S/C20H22O4/c1-23-16-9-7-15(8-10-16)20-18(13-19(21)22)17(11-12-24-20)14-5-3-2-4-6-14/h2-10,17-18,20H,11-13H2,1H3,(H,21,22)/t17-,18-,20+/m0/s1. The van der Waals surface area contributed by atoms with Gasteiger partial charge in [0, 0.05) is 12.5 Å². The monoisotopic (exact) mass is 326 g/mol. The Kier molecular flexibility index (Phi) is 5.16. The summed E-state index contributed by atoms with van der Waals surface area (Å²) >= 11 is 0. The molecule has 1 N–H and O–H groups in total. The molecule has 0 aromatic heterocycles. The number of hydrogen-bond acceptors (Lipinski definition) is 3. The largest absolute Gasteiger partial charge is 0.497 e. The van der Waals surface area contributed by atoms with Gasteiger partial charge in [0.15, 0.2) is 0 Å². The van der Waals surface area contributed by atoms with Gasteiger partial charge in [0.1, 0.15) is 5.75 Å². The highest BCUT2D eigenvalue weighted by atomic mass is 16.5. The SMILES string of the molecule is COc1ccc([C@H]2OCC[C@@H](c3ccccc3)[C@@H]2CC(=O)O)cc1. The highest BCUT2D eigenvalue weighted by molar-refractivity contribution is 5.67. The molecule has 0 saturated carbocycles. The molecule has 0 amide bonds. The van der Waals surface area contributed by atoms with Crippen LogP contribution in [-0.2, 0) is 9.53 Å². The lowest BCUT2D eigenvalue weighted by atomic mass is 9.75. The van der Waals surface area contributed by atoms with E-state index in [0.29, 0.717) is 6.61 Å². The van der Waals surface area contributed by atoms with Gasteiger partial charge < -0.3 is 14.6 Å². The third-order valence-corrected chi connectivity index (χ3v) is 4.71. The first-order chi connectivity index (χ1) is 11.7. The van der Waals surface area contributed by atoms with E-state index in [9.17, 15) is 9.90 Å². The Hall–Kier alpha value is -2.33. The predicted molar refractivity (Wildman–Crippen MR) is 91.2 cm³/mol. The molecule has 1 heterocycles. The Morgan fingerprint density at radius 2 is 1.83 bits per heavy atom. The molecular weight excluding hydrogens is 304 g/mol. The van der Waals surface area contributed by atoms with Gasteiger partial charge in [0.2, 0.25) is 0 Å². The zero-order chi connectivity index (χ0) is 16.9. The molecule has 3 atom stereocenters. The van der Waals surface area contributed by atoms with E-state index in [0.717, 1.165) is 17.7 Å². The fourth-order valence-electron chi connectivity index (χ4n) is 3.57. The van der Waals surface area contributed by atoms with Crippen molar-refractivity contribution in [1.82, 2.24) is 0 Å². The van der Waals surface area contributed by atoms with Crippen molar-refractivity contribution in [2.75, 3.05) is 13.7 Å². The molecule has 3 rings (SSSR count). The van der Waals surface area contributed by atoms with E-state index in [4.69, 9.17) is 9.47 Å². The molecule has 1 saturated heterocycles. The van der Waals surface area contributed by atoms with Crippen molar-refractivity contribution in [1.29, 1.82) is 0 Å². The van der Waals surface area contributed by atoms with Crippen LogP contribution in [0.25, 0.3) is 0 Å². The van der Waals surface area contributed by atoms with E-state index in [1.54, 1.807) is 7.11 Å². The smallest absolute Gasteiger partial charge is 0.303 e. The lowest BCUT2D eigenvalue weighted by Gasteiger charge is -2.38. The first-order valence-corrected chi connectivity index (χ1v) is 8.21. The van der Waals surface area contributed by atoms with Crippen LogP contribution in [0.5, 0.6) is 5.75 Å². The first kappa shape index (κ1) is 16.5. The molecule has 0 radical (unpaired) electrons. The number of benzene rings is 2. The van der Waals surface area contributed by atoms with Crippen LogP contribution in [0.2, 0.25) is 0 Å². The summed E-state index contributed by atoms with van der Waals surface area (Å²) in [6.07, 6.45) is 0.719. The maximum absolute atomic E-state index is 11.4. The zero-order valence-electron chi connectivity index (χ0n) is 13.7. The minimum atomic E-state index is -0.787. The number of aliphatic carboxylic acids is 1. The molecule has 0 aliphatic carbocycles. The minimum absolute atomic E-state index is 0.0907. The van der Waals surface area contributed by atoms with Crippen LogP contribution < -0.4 is 4.74 Å². The fraction of sp³-hybridized carbons (Fsp3) is 0.350. The Morgan fingerprint density at radius 1 is 1.12 bits per heavy atom. The quantitative estimate of drug-likeness (QED) is 0.901. The number of carboxylic acids is 1. The number of carbonyl (C=O) groups is 1. The average molecular weight is 326 g/mol. The van der Waals surface area contributed by atoms with Crippen LogP contribution in [0.15, 0.2) is 54.6 Å². The van der Waals surface area contributed by atoms with Gasteiger partial charge >= 0.3 is 5.97 Å². The summed E-state index contributed by atoms with van der Waals surface area (Å²) in [5, 5.41) is 9.40. The molecule has 0 spiro atoms. The fourth-order valence-corrected chi connectivity index (χ4v) is 3.57. The average Bonchev–Trinajstić information content (AvgIpc) is 2.62. The molecule has 1 aliphatic rings. The third kappa shape index (κ3) is 3.60. The second-order valence-corrected chi connectivity index (χ2v) is 6.13. The number of rotatable bonds is 5. The van der Waals surface area contributed by atoms with Gasteiger partial charge in [-0.25, -0.2) is 0 Å². The van der Waals surface area contributed by atoms with Gasteiger partial charge in [-0.05, 0) is 35.6 Å². The van der Waals surface area contributed by atoms with E-state index in [-0.39, 0.29) is 24.4 Å². The third-order valence-electron chi connectivity index (χ3n) is 4.71. The molecule has 2 aromatic rings. The van der Waals surface area contributed by atoms with Crippen molar-refractivity contribution < 1.29 is 19.4 Å². The minimum Gasteiger partial charge on any atom is -0.497 e. The van der Waals surface area contributed by atoms with E-state index in [1.807, 2.05) is 42.5 Å². The Balaban J connectivity index is 1.92. The second kappa shape index (κ2) is 7.49. The summed E-state index contributed by atoms with van der Waals surface area (Å²) in [4.78, 5) is 11.4. The molecule has 1 fully saturated rings. The molecule has 4 heteroatoms. The van der Waals surface area contributed by atoms with Crippen molar-refractivity contribution in [3.8, 4) is 5.75 Å². The summed E-state index contributed by atoms with van der Waals surface area (Å²) in [6.45, 7) is 0.631. The summed E-state index contributed by atoms with van der Waals surface area (Å²) in [5.74, 6) is 0.0871. The summed E-state index contributed by atoms with van der Waals surface area (Å²) in [6, 6.07) is 17.9. The van der Waals surface area contributed by atoms with Crippen LogP contribution in [0.4, 0.5) is 0 Å². The van der Waals surface area contributed by atoms with E-state index in [1.165, 1.54) is 5.56 Å². The molecular formula is C20H22O4. The molecule has 126 valence electrons. The van der Waals surface area contributed by atoms with Crippen molar-refractivity contribution in [3.63, 3.8) is 0 Å². The summed E-state index contributed by atoms with van der Waals surface area (Å²) in [7, 11) is 1.63. The van der Waals surface area contributed by atoms with Crippen LogP contribution in [-0.4, -0.2) is 24.8 Å². The van der Waals surface area contributed by atoms with Gasteiger partial charge in [-0.3, -0.25) is 4.79 Å². The number of carboxylic acid groups (broad SMARTS) is 1. The van der Waals surface area contributed by atoms with E-state index >= 15 is 0 Å². The Bertz CT molecular complexity index is 666. The normalized spacial score (nSPS) is 23.6. The van der Waals surface area contributed by atoms with Gasteiger partial charge in [-0.1, -0.05) is 42.5 Å². The highest BCUT2D eigenvalue weighted by Crippen LogP contribution is 2.44. The predicted octanol–water partition coefficient (Wildman–Crippen LogP) is 4.03. The zero-order valence-corrected chi connectivity index (χ0v) is 13.7. The van der Waals surface area contributed by atoms with Crippen LogP contribution in [0.1, 0.15) is 36.0 Å². The van der Waals surface area contributed by atoms with Crippen molar-refractivity contribution >= 4 is 5.97 Å². The number of ether oxygens (including phenoxy) is 2. The van der Waals surface area contributed by atoms with E-state index < -0.39 is 5.97 Å². The maximum Gasteiger partial charge on any atom is 0.303 e. The Labute approximate surface area is 142 Å². The van der Waals surface area contributed by atoms with Crippen LogP contribution in [0, 0.1) is 5.92 Å². The van der Waals surface area contributed by atoms with Gasteiger partial charge in [-0.2, -0.15) is 0 Å². The molecule has 2 aromatic carbocycles. The van der Waals surface area contributed by atoms with Crippen molar-refractivity contribution in [3.05, 3.63) is 65.7 Å². The molecule has 0 bridgehead atoms. The molecule has 4 nitrogen and oxygen atoms in total. The first-order valence-electron chi connectivity index (χ1n) is 8.21. The lowest BCUT2D eigenvalue weighted by molar-refractivity contribution is -0.141. The lowest BCUT2D eigenvalue weighted by Crippen LogP contribution is -2.31. The topological polar surface area (TPSA) is 55.8 Å². The molecule has 1 aliphatic heterocycles.